The average Bonchev–Trinajstić information content (AvgIpc) is 3.51. The van der Waals surface area contributed by atoms with Crippen LogP contribution in [0.2, 0.25) is 0 Å². The van der Waals surface area contributed by atoms with Crippen molar-refractivity contribution in [3.05, 3.63) is 69.5 Å². The van der Waals surface area contributed by atoms with Crippen molar-refractivity contribution in [2.45, 2.75) is 13.3 Å². The number of rotatable bonds is 6. The van der Waals surface area contributed by atoms with Crippen molar-refractivity contribution in [3.8, 4) is 22.9 Å². The first-order valence-electron chi connectivity index (χ1n) is 10.9. The molecule has 0 bridgehead atoms. The van der Waals surface area contributed by atoms with Crippen molar-refractivity contribution in [1.82, 2.24) is 9.78 Å². The molecule has 4 aromatic rings. The van der Waals surface area contributed by atoms with E-state index in [1.54, 1.807) is 13.0 Å². The Hall–Kier alpha value is -4.59. The van der Waals surface area contributed by atoms with Crippen LogP contribution in [-0.4, -0.2) is 41.4 Å². The molecule has 1 aliphatic heterocycles. The van der Waals surface area contributed by atoms with E-state index in [4.69, 9.17) is 14.2 Å². The summed E-state index contributed by atoms with van der Waals surface area (Å²) in [6.45, 7) is 1.65. The van der Waals surface area contributed by atoms with Crippen LogP contribution in [0.3, 0.4) is 0 Å². The lowest BCUT2D eigenvalue weighted by atomic mass is 10.2. The van der Waals surface area contributed by atoms with Gasteiger partial charge in [-0.15, -0.1) is 24.5 Å². The summed E-state index contributed by atoms with van der Waals surface area (Å²) in [6, 6.07) is 8.93. The number of nitrogens with one attached hydrogen (secondary N) is 1. The van der Waals surface area contributed by atoms with E-state index in [1.807, 2.05) is 0 Å². The lowest BCUT2D eigenvalue weighted by Gasteiger charge is -2.12. The van der Waals surface area contributed by atoms with Gasteiger partial charge < -0.3 is 24.3 Å². The van der Waals surface area contributed by atoms with Gasteiger partial charge in [0.25, 0.3) is 11.5 Å². The Morgan fingerprint density at radius 1 is 1.13 bits per heavy atom. The molecule has 0 fully saturated rings. The van der Waals surface area contributed by atoms with Gasteiger partial charge in [0, 0.05) is 16.3 Å². The van der Waals surface area contributed by atoms with Gasteiger partial charge in [-0.25, -0.2) is 4.79 Å². The molecule has 3 heterocycles. The van der Waals surface area contributed by atoms with E-state index in [-0.39, 0.29) is 46.1 Å². The van der Waals surface area contributed by atoms with Crippen LogP contribution in [0.5, 0.6) is 17.2 Å². The fourth-order valence-corrected chi connectivity index (χ4v) is 4.60. The summed E-state index contributed by atoms with van der Waals surface area (Å²) in [7, 11) is 0. The molecule has 1 aliphatic rings. The van der Waals surface area contributed by atoms with Crippen LogP contribution in [-0.2, 0) is 4.74 Å². The molecule has 38 heavy (non-hydrogen) atoms. The third-order valence-corrected chi connectivity index (χ3v) is 6.19. The fraction of sp³-hybridized carbons (Fsp3) is 0.167. The number of carbonyl (C=O) groups is 2. The third-order valence-electron chi connectivity index (χ3n) is 5.30. The van der Waals surface area contributed by atoms with E-state index in [2.05, 4.69) is 15.2 Å². The molecule has 1 amide bonds. The Morgan fingerprint density at radius 3 is 2.58 bits per heavy atom. The zero-order chi connectivity index (χ0) is 27.0. The smallest absolute Gasteiger partial charge is 0.461 e. The number of halogens is 3. The minimum atomic E-state index is -4.89. The van der Waals surface area contributed by atoms with Gasteiger partial charge in [-0.2, -0.15) is 9.78 Å². The molecule has 0 saturated heterocycles. The maximum Gasteiger partial charge on any atom is 0.573 e. The van der Waals surface area contributed by atoms with Crippen LogP contribution < -0.4 is 25.1 Å². The van der Waals surface area contributed by atoms with Gasteiger partial charge in [0.05, 0.1) is 17.7 Å². The van der Waals surface area contributed by atoms with Crippen LogP contribution in [0.15, 0.2) is 52.6 Å². The molecule has 10 nitrogen and oxygen atoms in total. The SMILES string of the molecule is CCOC(=O)c1nn(-c2ccc(OC(F)(F)F)cc2)c(=O)c2c(NC(=O)c3ccc4c(c3)OCO4)scc12. The summed E-state index contributed by atoms with van der Waals surface area (Å²) >= 11 is 0.994. The van der Waals surface area contributed by atoms with Crippen LogP contribution >= 0.6 is 11.3 Å². The first kappa shape index (κ1) is 25.1. The van der Waals surface area contributed by atoms with Gasteiger partial charge in [0.1, 0.15) is 10.8 Å². The van der Waals surface area contributed by atoms with E-state index < -0.39 is 29.5 Å². The number of anilines is 1. The van der Waals surface area contributed by atoms with Crippen LogP contribution in [0.4, 0.5) is 18.2 Å². The second-order valence-electron chi connectivity index (χ2n) is 7.70. The Bertz CT molecular complexity index is 1610. The molecule has 14 heteroatoms. The van der Waals surface area contributed by atoms with Gasteiger partial charge in [-0.05, 0) is 49.4 Å². The maximum atomic E-state index is 13.5. The van der Waals surface area contributed by atoms with E-state index >= 15 is 0 Å². The van der Waals surface area contributed by atoms with Crippen LogP contribution in [0.25, 0.3) is 16.5 Å². The highest BCUT2D eigenvalue weighted by atomic mass is 32.1. The largest absolute Gasteiger partial charge is 0.573 e. The Balaban J connectivity index is 1.57. The zero-order valence-electron chi connectivity index (χ0n) is 19.3. The van der Waals surface area contributed by atoms with Crippen molar-refractivity contribution in [2.75, 3.05) is 18.7 Å². The summed E-state index contributed by atoms with van der Waals surface area (Å²) in [4.78, 5) is 39.1. The molecular weight excluding hydrogens is 531 g/mol. The molecule has 0 spiro atoms. The summed E-state index contributed by atoms with van der Waals surface area (Å²) in [5.41, 5.74) is -0.649. The van der Waals surface area contributed by atoms with Gasteiger partial charge in [0.15, 0.2) is 17.2 Å². The molecule has 0 saturated carbocycles. The van der Waals surface area contributed by atoms with Crippen LogP contribution in [0, 0.1) is 0 Å². The number of aromatic nitrogens is 2. The van der Waals surface area contributed by atoms with Crippen molar-refractivity contribution in [2.24, 2.45) is 0 Å². The number of carbonyl (C=O) groups excluding carboxylic acids is 2. The molecule has 196 valence electrons. The predicted molar refractivity (Wildman–Crippen MR) is 128 cm³/mol. The van der Waals surface area contributed by atoms with E-state index in [0.717, 1.165) is 28.2 Å². The Labute approximate surface area is 215 Å². The first-order valence-corrected chi connectivity index (χ1v) is 11.8. The molecule has 0 aliphatic carbocycles. The Morgan fingerprint density at radius 2 is 1.87 bits per heavy atom. The second-order valence-corrected chi connectivity index (χ2v) is 8.58. The number of hydrogen-bond donors (Lipinski definition) is 1. The second kappa shape index (κ2) is 9.70. The monoisotopic (exact) mass is 547 g/mol. The fourth-order valence-electron chi connectivity index (χ4n) is 3.67. The third kappa shape index (κ3) is 4.85. The minimum absolute atomic E-state index is 0.0298. The van der Waals surface area contributed by atoms with Crippen LogP contribution in [0.1, 0.15) is 27.8 Å². The summed E-state index contributed by atoms with van der Waals surface area (Å²) < 4.78 is 57.9. The van der Waals surface area contributed by atoms with Crippen molar-refractivity contribution in [3.63, 3.8) is 0 Å². The lowest BCUT2D eigenvalue weighted by molar-refractivity contribution is -0.274. The molecule has 2 aromatic heterocycles. The average molecular weight is 547 g/mol. The number of esters is 1. The number of benzene rings is 2. The van der Waals surface area contributed by atoms with E-state index in [9.17, 15) is 27.6 Å². The molecule has 2 aromatic carbocycles. The summed E-state index contributed by atoms with van der Waals surface area (Å²) in [6.07, 6.45) is -4.89. The van der Waals surface area contributed by atoms with E-state index in [0.29, 0.717) is 11.5 Å². The van der Waals surface area contributed by atoms with Crippen molar-refractivity contribution < 1.29 is 41.7 Å². The molecular formula is C24H16F3N3O7S. The van der Waals surface area contributed by atoms with Gasteiger partial charge in [-0.1, -0.05) is 0 Å². The molecule has 0 unspecified atom stereocenters. The normalized spacial score (nSPS) is 12.4. The number of nitrogens with zero attached hydrogens (tertiary/aromatic N) is 2. The number of ether oxygens (including phenoxy) is 4. The number of amides is 1. The lowest BCUT2D eigenvalue weighted by Crippen LogP contribution is -2.25. The highest BCUT2D eigenvalue weighted by Gasteiger charge is 2.31. The Kier molecular flexibility index (Phi) is 6.40. The standard InChI is InChI=1S/C24H16F3N3O7S/c1-2-34-23(33)19-15-10-38-21(28-20(31)12-3-8-16-17(9-12)36-11-35-16)18(15)22(32)30(29-19)13-4-6-14(7-5-13)37-24(25,26)27/h3-10H,2,11H2,1H3,(H,28,31). The summed E-state index contributed by atoms with van der Waals surface area (Å²) in [5.74, 6) is -1.00. The van der Waals surface area contributed by atoms with E-state index in [1.165, 1.54) is 29.6 Å². The highest BCUT2D eigenvalue weighted by Crippen LogP contribution is 2.34. The topological polar surface area (TPSA) is 118 Å². The zero-order valence-corrected chi connectivity index (χ0v) is 20.1. The number of fused-ring (bicyclic) bond motifs is 2. The van der Waals surface area contributed by atoms with Gasteiger partial charge in [0.2, 0.25) is 6.79 Å². The van der Waals surface area contributed by atoms with Gasteiger partial charge in [-0.3, -0.25) is 9.59 Å². The van der Waals surface area contributed by atoms with Gasteiger partial charge >= 0.3 is 12.3 Å². The predicted octanol–water partition coefficient (Wildman–Crippen LogP) is 4.50. The molecule has 5 rings (SSSR count). The first-order chi connectivity index (χ1) is 18.1. The quantitative estimate of drug-likeness (QED) is 0.351. The molecule has 0 atom stereocenters. The molecule has 0 radical (unpaired) electrons. The number of hydrogen-bond acceptors (Lipinski definition) is 9. The number of thiophene rings is 1. The van der Waals surface area contributed by atoms with Crippen molar-refractivity contribution in [1.29, 1.82) is 0 Å². The number of alkyl halides is 3. The minimum Gasteiger partial charge on any atom is -0.461 e. The van der Waals surface area contributed by atoms with Crippen molar-refractivity contribution >= 4 is 39.0 Å². The summed E-state index contributed by atoms with van der Waals surface area (Å²) in [5, 5.41) is 8.51. The highest BCUT2D eigenvalue weighted by molar-refractivity contribution is 7.16. The maximum absolute atomic E-state index is 13.5. The molecule has 1 N–H and O–H groups in total.